The summed E-state index contributed by atoms with van der Waals surface area (Å²) in [6.07, 6.45) is 7.99. The first-order chi connectivity index (χ1) is 10.1. The molecule has 1 saturated carbocycles. The largest absolute Gasteiger partial charge is 0.369 e. The highest BCUT2D eigenvalue weighted by molar-refractivity contribution is 5.81. The lowest BCUT2D eigenvalue weighted by Gasteiger charge is -2.34. The second-order valence-electron chi connectivity index (χ2n) is 6.64. The second kappa shape index (κ2) is 7.78. The molecule has 120 valence electrons. The number of primary amides is 1. The van der Waals surface area contributed by atoms with Crippen molar-refractivity contribution in [3.63, 3.8) is 0 Å². The second-order valence-corrected chi connectivity index (χ2v) is 6.64. The van der Waals surface area contributed by atoms with Crippen LogP contribution >= 0.6 is 0 Å². The van der Waals surface area contributed by atoms with Crippen LogP contribution in [0.25, 0.3) is 0 Å². The number of piperidine rings is 1. The topological polar surface area (TPSA) is 75.4 Å². The Morgan fingerprint density at radius 2 is 1.76 bits per heavy atom. The van der Waals surface area contributed by atoms with E-state index in [4.69, 9.17) is 5.73 Å². The van der Waals surface area contributed by atoms with Crippen molar-refractivity contribution in [2.45, 2.75) is 57.9 Å². The van der Waals surface area contributed by atoms with E-state index in [-0.39, 0.29) is 23.8 Å². The maximum absolute atomic E-state index is 12.3. The minimum absolute atomic E-state index is 0.0150. The number of amides is 2. The van der Waals surface area contributed by atoms with Crippen LogP contribution < -0.4 is 11.1 Å². The SMILES string of the molecule is C[C@@H](C(=O)NCC1CCCCC1)N1CCC(C(N)=O)CC1. The van der Waals surface area contributed by atoms with Gasteiger partial charge in [-0.25, -0.2) is 0 Å². The molecule has 0 radical (unpaired) electrons. The zero-order valence-corrected chi connectivity index (χ0v) is 13.1. The molecular weight excluding hydrogens is 266 g/mol. The molecule has 1 atom stereocenters. The van der Waals surface area contributed by atoms with E-state index in [2.05, 4.69) is 10.2 Å². The molecule has 2 aliphatic rings. The van der Waals surface area contributed by atoms with E-state index < -0.39 is 0 Å². The van der Waals surface area contributed by atoms with E-state index >= 15 is 0 Å². The van der Waals surface area contributed by atoms with Crippen molar-refractivity contribution in [3.8, 4) is 0 Å². The van der Waals surface area contributed by atoms with Crippen molar-refractivity contribution in [2.24, 2.45) is 17.6 Å². The first kappa shape index (κ1) is 16.3. The molecule has 5 heteroatoms. The molecule has 2 rings (SSSR count). The number of nitrogens with two attached hydrogens (primary N) is 1. The third-order valence-electron chi connectivity index (χ3n) is 5.15. The van der Waals surface area contributed by atoms with Crippen molar-refractivity contribution < 1.29 is 9.59 Å². The van der Waals surface area contributed by atoms with Crippen molar-refractivity contribution in [3.05, 3.63) is 0 Å². The summed E-state index contributed by atoms with van der Waals surface area (Å²) in [7, 11) is 0. The normalized spacial score (nSPS) is 23.7. The van der Waals surface area contributed by atoms with Gasteiger partial charge in [-0.2, -0.15) is 0 Å². The van der Waals surface area contributed by atoms with Crippen molar-refractivity contribution in [2.75, 3.05) is 19.6 Å². The minimum atomic E-state index is -0.205. The highest BCUT2D eigenvalue weighted by atomic mass is 16.2. The summed E-state index contributed by atoms with van der Waals surface area (Å²) in [6, 6.07) is -0.109. The number of nitrogens with zero attached hydrogens (tertiary/aromatic N) is 1. The number of likely N-dealkylation sites (tertiary alicyclic amines) is 1. The Hall–Kier alpha value is -1.10. The number of hydrogen-bond donors (Lipinski definition) is 2. The van der Waals surface area contributed by atoms with Crippen LogP contribution in [0.4, 0.5) is 0 Å². The predicted molar refractivity (Wildman–Crippen MR) is 82.5 cm³/mol. The Kier molecular flexibility index (Phi) is 6.03. The third-order valence-corrected chi connectivity index (χ3v) is 5.15. The first-order valence-corrected chi connectivity index (χ1v) is 8.39. The fourth-order valence-corrected chi connectivity index (χ4v) is 3.52. The smallest absolute Gasteiger partial charge is 0.237 e. The molecule has 0 aromatic heterocycles. The summed E-state index contributed by atoms with van der Waals surface area (Å²) in [6.45, 7) is 4.35. The molecule has 1 saturated heterocycles. The fraction of sp³-hybridized carbons (Fsp3) is 0.875. The Balaban J connectivity index is 1.71. The highest BCUT2D eigenvalue weighted by Crippen LogP contribution is 2.23. The number of hydrogen-bond acceptors (Lipinski definition) is 3. The number of nitrogens with one attached hydrogen (secondary N) is 1. The van der Waals surface area contributed by atoms with Crippen LogP contribution in [0.5, 0.6) is 0 Å². The lowest BCUT2D eigenvalue weighted by Crippen LogP contribution is -2.50. The average Bonchev–Trinajstić information content (AvgIpc) is 2.53. The number of rotatable bonds is 5. The Morgan fingerprint density at radius 3 is 2.33 bits per heavy atom. The molecule has 5 nitrogen and oxygen atoms in total. The van der Waals surface area contributed by atoms with Crippen LogP contribution in [0.1, 0.15) is 51.9 Å². The van der Waals surface area contributed by atoms with Crippen LogP contribution in [-0.4, -0.2) is 42.4 Å². The van der Waals surface area contributed by atoms with E-state index in [1.54, 1.807) is 0 Å². The molecule has 3 N–H and O–H groups in total. The van der Waals surface area contributed by atoms with E-state index in [9.17, 15) is 9.59 Å². The van der Waals surface area contributed by atoms with Gasteiger partial charge in [0.25, 0.3) is 0 Å². The monoisotopic (exact) mass is 295 g/mol. The first-order valence-electron chi connectivity index (χ1n) is 8.39. The molecule has 0 bridgehead atoms. The van der Waals surface area contributed by atoms with Gasteiger partial charge in [0.2, 0.25) is 11.8 Å². The third kappa shape index (κ3) is 4.70. The molecule has 0 spiro atoms. The van der Waals surface area contributed by atoms with E-state index in [0.717, 1.165) is 32.5 Å². The number of carbonyl (C=O) groups excluding carboxylic acids is 2. The Morgan fingerprint density at radius 1 is 1.14 bits per heavy atom. The highest BCUT2D eigenvalue weighted by Gasteiger charge is 2.28. The zero-order chi connectivity index (χ0) is 15.2. The molecule has 2 amide bonds. The molecule has 1 aliphatic heterocycles. The molecule has 2 fully saturated rings. The Labute approximate surface area is 127 Å². The molecule has 0 aromatic rings. The van der Waals surface area contributed by atoms with Gasteiger partial charge >= 0.3 is 0 Å². The summed E-state index contributed by atoms with van der Waals surface area (Å²) >= 11 is 0. The molecule has 21 heavy (non-hydrogen) atoms. The molecule has 0 unspecified atom stereocenters. The van der Waals surface area contributed by atoms with E-state index in [1.165, 1.54) is 32.1 Å². The average molecular weight is 295 g/mol. The molecular formula is C16H29N3O2. The lowest BCUT2D eigenvalue weighted by atomic mass is 9.89. The van der Waals surface area contributed by atoms with Gasteiger partial charge in [-0.3, -0.25) is 14.5 Å². The van der Waals surface area contributed by atoms with Gasteiger partial charge < -0.3 is 11.1 Å². The molecule has 1 aliphatic carbocycles. The van der Waals surface area contributed by atoms with Crippen LogP contribution in [0, 0.1) is 11.8 Å². The van der Waals surface area contributed by atoms with Gasteiger partial charge in [-0.05, 0) is 51.6 Å². The quantitative estimate of drug-likeness (QED) is 0.802. The maximum Gasteiger partial charge on any atom is 0.237 e. The van der Waals surface area contributed by atoms with Gasteiger partial charge in [0, 0.05) is 12.5 Å². The van der Waals surface area contributed by atoms with Crippen LogP contribution in [0.15, 0.2) is 0 Å². The summed E-state index contributed by atoms with van der Waals surface area (Å²) in [5, 5.41) is 3.11. The standard InChI is InChI=1S/C16H29N3O2/c1-12(19-9-7-14(8-10-19)15(17)20)16(21)18-11-13-5-3-2-4-6-13/h12-14H,2-11H2,1H3,(H2,17,20)(H,18,21)/t12-/m0/s1. The summed E-state index contributed by atoms with van der Waals surface area (Å²) in [4.78, 5) is 25.6. The van der Waals surface area contributed by atoms with Gasteiger partial charge in [-0.15, -0.1) is 0 Å². The fourth-order valence-electron chi connectivity index (χ4n) is 3.52. The van der Waals surface area contributed by atoms with Crippen LogP contribution in [-0.2, 0) is 9.59 Å². The summed E-state index contributed by atoms with van der Waals surface area (Å²) < 4.78 is 0. The van der Waals surface area contributed by atoms with Gasteiger partial charge in [0.1, 0.15) is 0 Å². The predicted octanol–water partition coefficient (Wildman–Crippen LogP) is 1.27. The molecule has 1 heterocycles. The Bertz CT molecular complexity index is 359. The van der Waals surface area contributed by atoms with Gasteiger partial charge in [-0.1, -0.05) is 19.3 Å². The van der Waals surface area contributed by atoms with Crippen molar-refractivity contribution in [1.29, 1.82) is 0 Å². The van der Waals surface area contributed by atoms with Crippen molar-refractivity contribution >= 4 is 11.8 Å². The van der Waals surface area contributed by atoms with Crippen LogP contribution in [0.2, 0.25) is 0 Å². The number of carbonyl (C=O) groups is 2. The summed E-state index contributed by atoms with van der Waals surface area (Å²) in [5.41, 5.74) is 5.34. The summed E-state index contributed by atoms with van der Waals surface area (Å²) in [5.74, 6) is 0.566. The van der Waals surface area contributed by atoms with Gasteiger partial charge in [0.15, 0.2) is 0 Å². The van der Waals surface area contributed by atoms with E-state index in [1.807, 2.05) is 6.92 Å². The minimum Gasteiger partial charge on any atom is -0.369 e. The van der Waals surface area contributed by atoms with Crippen LogP contribution in [0.3, 0.4) is 0 Å². The van der Waals surface area contributed by atoms with E-state index in [0.29, 0.717) is 5.92 Å². The zero-order valence-electron chi connectivity index (χ0n) is 13.1. The lowest BCUT2D eigenvalue weighted by molar-refractivity contribution is -0.127. The maximum atomic E-state index is 12.3. The van der Waals surface area contributed by atoms with Crippen molar-refractivity contribution in [1.82, 2.24) is 10.2 Å². The molecule has 0 aromatic carbocycles. The van der Waals surface area contributed by atoms with Gasteiger partial charge in [0.05, 0.1) is 6.04 Å².